The van der Waals surface area contributed by atoms with Gasteiger partial charge in [0.25, 0.3) is 5.91 Å². The maximum atomic E-state index is 11.5. The fourth-order valence-corrected chi connectivity index (χ4v) is 2.41. The molecule has 0 atom stereocenters. The lowest BCUT2D eigenvalue weighted by Crippen LogP contribution is -2.12. The Kier molecular flexibility index (Phi) is 3.85. The zero-order valence-corrected chi connectivity index (χ0v) is 13.0. The van der Waals surface area contributed by atoms with Crippen LogP contribution in [0.4, 0.5) is 0 Å². The van der Waals surface area contributed by atoms with Gasteiger partial charge in [-0.1, -0.05) is 18.2 Å². The number of rotatable bonds is 4. The number of primary amides is 1. The van der Waals surface area contributed by atoms with Gasteiger partial charge in [0, 0.05) is 23.0 Å². The first-order valence-electron chi connectivity index (χ1n) is 7.24. The summed E-state index contributed by atoms with van der Waals surface area (Å²) in [6.45, 7) is 3.80. The fourth-order valence-electron chi connectivity index (χ4n) is 2.41. The molecule has 0 bridgehead atoms. The molecule has 0 aliphatic rings. The van der Waals surface area contributed by atoms with E-state index >= 15 is 0 Å². The van der Waals surface area contributed by atoms with Crippen molar-refractivity contribution in [2.24, 2.45) is 5.73 Å². The van der Waals surface area contributed by atoms with Crippen molar-refractivity contribution in [3.05, 3.63) is 65.6 Å². The van der Waals surface area contributed by atoms with Crippen molar-refractivity contribution >= 4 is 5.91 Å². The Labute approximate surface area is 134 Å². The van der Waals surface area contributed by atoms with Gasteiger partial charge in [0.1, 0.15) is 11.4 Å². The smallest absolute Gasteiger partial charge is 0.265 e. The Hall–Kier alpha value is -3.08. The van der Waals surface area contributed by atoms with E-state index in [0.717, 1.165) is 22.5 Å². The highest BCUT2D eigenvalue weighted by molar-refractivity contribution is 5.98. The van der Waals surface area contributed by atoms with Gasteiger partial charge in [-0.05, 0) is 43.7 Å². The van der Waals surface area contributed by atoms with Crippen LogP contribution in [0.3, 0.4) is 0 Å². The molecule has 2 aromatic heterocycles. The van der Waals surface area contributed by atoms with Crippen molar-refractivity contribution in [2.75, 3.05) is 0 Å². The van der Waals surface area contributed by atoms with Gasteiger partial charge in [0.2, 0.25) is 5.88 Å². The van der Waals surface area contributed by atoms with Gasteiger partial charge in [0.05, 0.1) is 0 Å². The van der Waals surface area contributed by atoms with Crippen molar-refractivity contribution in [3.8, 4) is 22.8 Å². The van der Waals surface area contributed by atoms with Gasteiger partial charge >= 0.3 is 0 Å². The number of ether oxygens (including phenoxy) is 1. The first kappa shape index (κ1) is 14.8. The Balaban J connectivity index is 1.86. The average Bonchev–Trinajstić information content (AvgIpc) is 2.90. The van der Waals surface area contributed by atoms with Gasteiger partial charge < -0.3 is 15.5 Å². The van der Waals surface area contributed by atoms with Crippen molar-refractivity contribution in [3.63, 3.8) is 0 Å². The summed E-state index contributed by atoms with van der Waals surface area (Å²) in [7, 11) is 0. The van der Waals surface area contributed by atoms with Crippen LogP contribution in [0.15, 0.2) is 48.5 Å². The van der Waals surface area contributed by atoms with Crippen LogP contribution in [-0.2, 0) is 0 Å². The van der Waals surface area contributed by atoms with Crippen LogP contribution < -0.4 is 10.5 Å². The van der Waals surface area contributed by atoms with Crippen LogP contribution in [0.2, 0.25) is 0 Å². The number of pyridine rings is 1. The maximum Gasteiger partial charge on any atom is 0.265 e. The molecule has 0 unspecified atom stereocenters. The molecule has 0 fully saturated rings. The van der Waals surface area contributed by atoms with Crippen LogP contribution in [0.25, 0.3) is 11.1 Å². The summed E-state index contributed by atoms with van der Waals surface area (Å²) in [6.07, 6.45) is 0. The second kappa shape index (κ2) is 5.96. The molecule has 1 aromatic carbocycles. The summed E-state index contributed by atoms with van der Waals surface area (Å²) < 4.78 is 5.72. The zero-order valence-electron chi connectivity index (χ0n) is 13.0. The molecule has 3 rings (SSSR count). The summed E-state index contributed by atoms with van der Waals surface area (Å²) in [4.78, 5) is 18.8. The first-order valence-corrected chi connectivity index (χ1v) is 7.24. The Bertz CT molecular complexity index is 851. The molecule has 116 valence electrons. The number of benzene rings is 1. The summed E-state index contributed by atoms with van der Waals surface area (Å²) in [6, 6.07) is 15.0. The average molecular weight is 307 g/mol. The number of H-pyrrole nitrogens is 1. The standard InChI is InChI=1S/C18H17N3O2/c1-11-4-3-5-16(20-11)23-14-8-6-13(7-9-14)15-10-12(2)21-17(15)18(19)22/h3-10,21H,1-2H3,(H2,19,22). The molecule has 5 nitrogen and oxygen atoms in total. The molecule has 0 aliphatic heterocycles. The lowest BCUT2D eigenvalue weighted by Gasteiger charge is -2.07. The molecule has 5 heteroatoms. The Morgan fingerprint density at radius 3 is 2.52 bits per heavy atom. The predicted molar refractivity (Wildman–Crippen MR) is 88.5 cm³/mol. The SMILES string of the molecule is Cc1cccc(Oc2ccc(-c3cc(C)[nH]c3C(N)=O)cc2)n1. The number of hydrogen-bond acceptors (Lipinski definition) is 3. The Morgan fingerprint density at radius 2 is 1.87 bits per heavy atom. The van der Waals surface area contributed by atoms with E-state index in [1.807, 2.05) is 62.4 Å². The number of amides is 1. The third-order valence-electron chi connectivity index (χ3n) is 3.45. The molecular formula is C18H17N3O2. The van der Waals surface area contributed by atoms with E-state index in [-0.39, 0.29) is 0 Å². The van der Waals surface area contributed by atoms with Gasteiger partial charge in [-0.2, -0.15) is 0 Å². The van der Waals surface area contributed by atoms with Gasteiger partial charge in [-0.25, -0.2) is 4.98 Å². The second-order valence-electron chi connectivity index (χ2n) is 5.35. The van der Waals surface area contributed by atoms with E-state index in [0.29, 0.717) is 17.3 Å². The first-order chi connectivity index (χ1) is 11.0. The van der Waals surface area contributed by atoms with E-state index in [9.17, 15) is 4.79 Å². The third-order valence-corrected chi connectivity index (χ3v) is 3.45. The molecule has 2 heterocycles. The molecule has 1 amide bonds. The van der Waals surface area contributed by atoms with Crippen LogP contribution in [-0.4, -0.2) is 15.9 Å². The van der Waals surface area contributed by atoms with Crippen molar-refractivity contribution in [1.82, 2.24) is 9.97 Å². The van der Waals surface area contributed by atoms with Gasteiger partial charge in [-0.15, -0.1) is 0 Å². The van der Waals surface area contributed by atoms with Crippen LogP contribution in [0, 0.1) is 13.8 Å². The van der Waals surface area contributed by atoms with Gasteiger partial charge in [0.15, 0.2) is 0 Å². The molecular weight excluding hydrogens is 290 g/mol. The topological polar surface area (TPSA) is 81.0 Å². The monoisotopic (exact) mass is 307 g/mol. The maximum absolute atomic E-state index is 11.5. The summed E-state index contributed by atoms with van der Waals surface area (Å²) in [5, 5.41) is 0. The summed E-state index contributed by atoms with van der Waals surface area (Å²) in [5.74, 6) is 0.755. The minimum atomic E-state index is -0.475. The number of aryl methyl sites for hydroxylation is 2. The molecule has 3 aromatic rings. The highest BCUT2D eigenvalue weighted by Gasteiger charge is 2.13. The number of aromatic amines is 1. The van der Waals surface area contributed by atoms with Crippen molar-refractivity contribution < 1.29 is 9.53 Å². The normalized spacial score (nSPS) is 10.5. The summed E-state index contributed by atoms with van der Waals surface area (Å²) >= 11 is 0. The van der Waals surface area contributed by atoms with E-state index in [2.05, 4.69) is 9.97 Å². The number of nitrogens with two attached hydrogens (primary N) is 1. The minimum Gasteiger partial charge on any atom is -0.439 e. The van der Waals surface area contributed by atoms with E-state index in [1.165, 1.54) is 0 Å². The van der Waals surface area contributed by atoms with Crippen LogP contribution in [0.5, 0.6) is 11.6 Å². The Morgan fingerprint density at radius 1 is 1.13 bits per heavy atom. The zero-order chi connectivity index (χ0) is 16.4. The van der Waals surface area contributed by atoms with Crippen molar-refractivity contribution in [1.29, 1.82) is 0 Å². The quantitative estimate of drug-likeness (QED) is 0.773. The molecule has 0 saturated heterocycles. The van der Waals surface area contributed by atoms with Crippen LogP contribution >= 0.6 is 0 Å². The number of carbonyl (C=O) groups excluding carboxylic acids is 1. The van der Waals surface area contributed by atoms with E-state index in [1.54, 1.807) is 0 Å². The minimum absolute atomic E-state index is 0.413. The highest BCUT2D eigenvalue weighted by Crippen LogP contribution is 2.28. The second-order valence-corrected chi connectivity index (χ2v) is 5.35. The van der Waals surface area contributed by atoms with E-state index in [4.69, 9.17) is 10.5 Å². The molecule has 0 spiro atoms. The number of nitrogens with one attached hydrogen (secondary N) is 1. The molecule has 3 N–H and O–H groups in total. The van der Waals surface area contributed by atoms with Crippen molar-refractivity contribution in [2.45, 2.75) is 13.8 Å². The number of nitrogens with zero attached hydrogens (tertiary/aromatic N) is 1. The molecule has 0 radical (unpaired) electrons. The molecule has 23 heavy (non-hydrogen) atoms. The number of hydrogen-bond donors (Lipinski definition) is 2. The van der Waals surface area contributed by atoms with Gasteiger partial charge in [-0.3, -0.25) is 4.79 Å². The number of carbonyl (C=O) groups is 1. The highest BCUT2D eigenvalue weighted by atomic mass is 16.5. The lowest BCUT2D eigenvalue weighted by molar-refractivity contribution is 0.0996. The third kappa shape index (κ3) is 3.23. The van der Waals surface area contributed by atoms with Crippen LogP contribution in [0.1, 0.15) is 21.9 Å². The predicted octanol–water partition coefficient (Wildman–Crippen LogP) is 3.58. The summed E-state index contributed by atoms with van der Waals surface area (Å²) in [5.41, 5.74) is 9.29. The number of aromatic nitrogens is 2. The lowest BCUT2D eigenvalue weighted by atomic mass is 10.1. The fraction of sp³-hybridized carbons (Fsp3) is 0.111. The molecule has 0 saturated carbocycles. The molecule has 0 aliphatic carbocycles. The van der Waals surface area contributed by atoms with E-state index < -0.39 is 5.91 Å². The largest absolute Gasteiger partial charge is 0.439 e.